The van der Waals surface area contributed by atoms with Gasteiger partial charge in [-0.2, -0.15) is 0 Å². The number of hydrogen-bond donors (Lipinski definition) is 1. The maximum atomic E-state index is 11.5. The number of hydrogen-bond acceptors (Lipinski definition) is 3. The molecule has 0 unspecified atom stereocenters. The summed E-state index contributed by atoms with van der Waals surface area (Å²) in [5, 5.41) is 2.56. The second kappa shape index (κ2) is 4.34. The van der Waals surface area contributed by atoms with Crippen LogP contribution in [0.15, 0.2) is 12.3 Å². The molecular weight excluding hydrogens is 307 g/mol. The van der Waals surface area contributed by atoms with Crippen LogP contribution in [-0.2, 0) is 0 Å². The summed E-state index contributed by atoms with van der Waals surface area (Å²) < 4.78 is 6.44. The van der Waals surface area contributed by atoms with Gasteiger partial charge in [0.2, 0.25) is 0 Å². The maximum Gasteiger partial charge on any atom is 0.270 e. The van der Waals surface area contributed by atoms with Gasteiger partial charge in [-0.05, 0) is 41.5 Å². The standard InChI is InChI=1S/C10H11IN2O2/c1-12-10(14)9-8(11)7(4-5-13-9)15-6-2-3-6/h4-6H,2-3H2,1H3,(H,12,14). The highest BCUT2D eigenvalue weighted by atomic mass is 127. The van der Waals surface area contributed by atoms with E-state index in [2.05, 4.69) is 32.9 Å². The van der Waals surface area contributed by atoms with Gasteiger partial charge in [0.1, 0.15) is 11.4 Å². The van der Waals surface area contributed by atoms with E-state index in [-0.39, 0.29) is 5.91 Å². The van der Waals surface area contributed by atoms with Gasteiger partial charge < -0.3 is 10.1 Å². The zero-order valence-corrected chi connectivity index (χ0v) is 10.4. The molecule has 0 aromatic carbocycles. The Hall–Kier alpha value is -0.850. The molecule has 1 heterocycles. The van der Waals surface area contributed by atoms with E-state index in [4.69, 9.17) is 4.74 Å². The molecule has 1 aromatic heterocycles. The van der Waals surface area contributed by atoms with Gasteiger partial charge in [0.15, 0.2) is 0 Å². The van der Waals surface area contributed by atoms with Crippen molar-refractivity contribution in [1.29, 1.82) is 0 Å². The fourth-order valence-corrected chi connectivity index (χ4v) is 1.85. The molecule has 1 saturated carbocycles. The van der Waals surface area contributed by atoms with Gasteiger partial charge in [0.25, 0.3) is 5.91 Å². The Kier molecular flexibility index (Phi) is 3.08. The van der Waals surface area contributed by atoms with Gasteiger partial charge in [-0.25, -0.2) is 4.98 Å². The van der Waals surface area contributed by atoms with Crippen molar-refractivity contribution in [3.63, 3.8) is 0 Å². The number of carbonyl (C=O) groups is 1. The average molecular weight is 318 g/mol. The summed E-state index contributed by atoms with van der Waals surface area (Å²) in [6, 6.07) is 1.80. The molecule has 5 heteroatoms. The molecule has 80 valence electrons. The molecule has 0 aliphatic heterocycles. The van der Waals surface area contributed by atoms with Crippen molar-refractivity contribution in [2.24, 2.45) is 0 Å². The third kappa shape index (κ3) is 2.39. The van der Waals surface area contributed by atoms with Crippen molar-refractivity contribution in [1.82, 2.24) is 10.3 Å². The zero-order chi connectivity index (χ0) is 10.8. The maximum absolute atomic E-state index is 11.5. The first-order valence-corrected chi connectivity index (χ1v) is 5.83. The molecule has 1 aromatic rings. The lowest BCUT2D eigenvalue weighted by Gasteiger charge is -2.08. The number of ether oxygens (including phenoxy) is 1. The predicted octanol–water partition coefficient (Wildman–Crippen LogP) is 1.59. The third-order valence-electron chi connectivity index (χ3n) is 2.11. The number of amides is 1. The highest BCUT2D eigenvalue weighted by molar-refractivity contribution is 14.1. The lowest BCUT2D eigenvalue weighted by molar-refractivity contribution is 0.0956. The van der Waals surface area contributed by atoms with Gasteiger partial charge in [-0.1, -0.05) is 0 Å². The van der Waals surface area contributed by atoms with Crippen molar-refractivity contribution in [3.8, 4) is 5.75 Å². The van der Waals surface area contributed by atoms with Crippen LogP contribution in [0.3, 0.4) is 0 Å². The van der Waals surface area contributed by atoms with E-state index in [1.165, 1.54) is 0 Å². The van der Waals surface area contributed by atoms with Crippen molar-refractivity contribution >= 4 is 28.5 Å². The molecule has 0 atom stereocenters. The Morgan fingerprint density at radius 1 is 1.67 bits per heavy atom. The van der Waals surface area contributed by atoms with Gasteiger partial charge in [-0.15, -0.1) is 0 Å². The Bertz CT molecular complexity index is 391. The molecule has 0 saturated heterocycles. The van der Waals surface area contributed by atoms with E-state index in [1.54, 1.807) is 19.3 Å². The summed E-state index contributed by atoms with van der Waals surface area (Å²) in [7, 11) is 1.59. The van der Waals surface area contributed by atoms with E-state index < -0.39 is 0 Å². The molecule has 4 nitrogen and oxygen atoms in total. The summed E-state index contributed by atoms with van der Waals surface area (Å²) in [6.07, 6.45) is 4.14. The van der Waals surface area contributed by atoms with Crippen molar-refractivity contribution in [3.05, 3.63) is 21.5 Å². The fourth-order valence-electron chi connectivity index (χ4n) is 1.16. The molecule has 0 bridgehead atoms. The molecule has 1 aliphatic rings. The number of aromatic nitrogens is 1. The zero-order valence-electron chi connectivity index (χ0n) is 8.29. The summed E-state index contributed by atoms with van der Waals surface area (Å²) >= 11 is 2.09. The lowest BCUT2D eigenvalue weighted by Crippen LogP contribution is -2.20. The highest BCUT2D eigenvalue weighted by Crippen LogP contribution is 2.30. The second-order valence-corrected chi connectivity index (χ2v) is 4.45. The Morgan fingerprint density at radius 3 is 3.00 bits per heavy atom. The van der Waals surface area contributed by atoms with Crippen LogP contribution in [0.1, 0.15) is 23.3 Å². The van der Waals surface area contributed by atoms with Gasteiger partial charge >= 0.3 is 0 Å². The number of halogens is 1. The van der Waals surface area contributed by atoms with Gasteiger partial charge in [-0.3, -0.25) is 4.79 Å². The van der Waals surface area contributed by atoms with Crippen LogP contribution >= 0.6 is 22.6 Å². The summed E-state index contributed by atoms with van der Waals surface area (Å²) in [5.41, 5.74) is 0.427. The average Bonchev–Trinajstić information content (AvgIpc) is 3.04. The van der Waals surface area contributed by atoms with Crippen molar-refractivity contribution in [2.75, 3.05) is 7.05 Å². The molecule has 1 N–H and O–H groups in total. The van der Waals surface area contributed by atoms with Crippen LogP contribution in [0.5, 0.6) is 5.75 Å². The van der Waals surface area contributed by atoms with E-state index in [0.29, 0.717) is 11.8 Å². The number of nitrogens with one attached hydrogen (secondary N) is 1. The Balaban J connectivity index is 2.27. The molecule has 1 aliphatic carbocycles. The van der Waals surface area contributed by atoms with E-state index in [9.17, 15) is 4.79 Å². The predicted molar refractivity (Wildman–Crippen MR) is 64.0 cm³/mol. The van der Waals surface area contributed by atoms with Gasteiger partial charge in [0.05, 0.1) is 9.67 Å². The largest absolute Gasteiger partial charge is 0.489 e. The molecule has 15 heavy (non-hydrogen) atoms. The smallest absolute Gasteiger partial charge is 0.270 e. The quantitative estimate of drug-likeness (QED) is 0.861. The molecule has 0 spiro atoms. The molecule has 2 rings (SSSR count). The fraction of sp³-hybridized carbons (Fsp3) is 0.400. The van der Waals surface area contributed by atoms with Gasteiger partial charge in [0, 0.05) is 13.2 Å². The van der Waals surface area contributed by atoms with Crippen LogP contribution in [0.25, 0.3) is 0 Å². The number of nitrogens with zero attached hydrogens (tertiary/aromatic N) is 1. The Labute approximate surface area is 102 Å². The summed E-state index contributed by atoms with van der Waals surface area (Å²) in [4.78, 5) is 15.5. The van der Waals surface area contributed by atoms with E-state index in [1.807, 2.05) is 0 Å². The third-order valence-corrected chi connectivity index (χ3v) is 3.16. The minimum Gasteiger partial charge on any atom is -0.489 e. The van der Waals surface area contributed by atoms with Crippen LogP contribution in [-0.4, -0.2) is 24.0 Å². The first-order chi connectivity index (χ1) is 7.22. The number of rotatable bonds is 3. The molecule has 0 radical (unpaired) electrons. The summed E-state index contributed by atoms with van der Waals surface area (Å²) in [5.74, 6) is 0.576. The minimum atomic E-state index is -0.180. The normalized spacial score (nSPS) is 14.8. The van der Waals surface area contributed by atoms with Crippen molar-refractivity contribution < 1.29 is 9.53 Å². The summed E-state index contributed by atoms with van der Waals surface area (Å²) in [6.45, 7) is 0. The molecule has 1 fully saturated rings. The highest BCUT2D eigenvalue weighted by Gasteiger charge is 2.25. The second-order valence-electron chi connectivity index (χ2n) is 3.37. The van der Waals surface area contributed by atoms with Crippen LogP contribution in [0, 0.1) is 3.57 Å². The van der Waals surface area contributed by atoms with Crippen LogP contribution in [0.4, 0.5) is 0 Å². The minimum absolute atomic E-state index is 0.180. The first-order valence-electron chi connectivity index (χ1n) is 4.75. The topological polar surface area (TPSA) is 51.2 Å². The Morgan fingerprint density at radius 2 is 2.40 bits per heavy atom. The molecular formula is C10H11IN2O2. The number of carbonyl (C=O) groups excluding carboxylic acids is 1. The first kappa shape index (κ1) is 10.7. The SMILES string of the molecule is CNC(=O)c1nccc(OC2CC2)c1I. The monoisotopic (exact) mass is 318 g/mol. The van der Waals surface area contributed by atoms with Crippen LogP contribution in [0.2, 0.25) is 0 Å². The van der Waals surface area contributed by atoms with E-state index >= 15 is 0 Å². The van der Waals surface area contributed by atoms with Crippen LogP contribution < -0.4 is 10.1 Å². The van der Waals surface area contributed by atoms with Crippen molar-refractivity contribution in [2.45, 2.75) is 18.9 Å². The number of pyridine rings is 1. The molecule has 1 amide bonds. The lowest BCUT2D eigenvalue weighted by atomic mass is 10.3. The van der Waals surface area contributed by atoms with E-state index in [0.717, 1.165) is 22.2 Å².